The SMILES string of the molecule is COc1ccc(/C=C2\SC(=O)N(CCNC(=O)C[C@@H]3C[C@@H]4CC[C@@H]3C4)C2=O)cc1. The number of hydrogen-bond donors (Lipinski definition) is 1. The van der Waals surface area contributed by atoms with Crippen LogP contribution in [-0.2, 0) is 9.59 Å². The molecular formula is C22H26N2O4S. The van der Waals surface area contributed by atoms with E-state index >= 15 is 0 Å². The molecule has 2 saturated carbocycles. The molecule has 154 valence electrons. The summed E-state index contributed by atoms with van der Waals surface area (Å²) >= 11 is 0.934. The van der Waals surface area contributed by atoms with Crippen LogP contribution < -0.4 is 10.1 Å². The zero-order valence-electron chi connectivity index (χ0n) is 16.6. The second-order valence-corrected chi connectivity index (χ2v) is 9.09. The molecule has 2 bridgehead atoms. The maximum atomic E-state index is 12.6. The van der Waals surface area contributed by atoms with E-state index in [0.29, 0.717) is 23.8 Å². The Labute approximate surface area is 175 Å². The highest BCUT2D eigenvalue weighted by Crippen LogP contribution is 2.49. The van der Waals surface area contributed by atoms with E-state index in [9.17, 15) is 14.4 Å². The zero-order chi connectivity index (χ0) is 20.4. The first-order chi connectivity index (χ1) is 14.0. The van der Waals surface area contributed by atoms with Crippen molar-refractivity contribution in [3.05, 3.63) is 34.7 Å². The van der Waals surface area contributed by atoms with Crippen molar-refractivity contribution >= 4 is 34.9 Å². The number of rotatable bonds is 7. The number of ether oxygens (including phenoxy) is 1. The number of carbonyl (C=O) groups excluding carboxylic acids is 3. The molecule has 3 atom stereocenters. The van der Waals surface area contributed by atoms with Crippen LogP contribution in [0.3, 0.4) is 0 Å². The minimum absolute atomic E-state index is 0.0308. The van der Waals surface area contributed by atoms with Crippen molar-refractivity contribution in [3.63, 3.8) is 0 Å². The number of carbonyl (C=O) groups is 3. The normalized spacial score (nSPS) is 27.1. The van der Waals surface area contributed by atoms with E-state index in [1.165, 1.54) is 30.6 Å². The molecule has 1 aromatic rings. The zero-order valence-corrected chi connectivity index (χ0v) is 17.4. The molecule has 1 aliphatic heterocycles. The minimum atomic E-state index is -0.307. The van der Waals surface area contributed by atoms with E-state index in [1.807, 2.05) is 24.3 Å². The van der Waals surface area contributed by atoms with Crippen molar-refractivity contribution in [2.75, 3.05) is 20.2 Å². The number of hydrogen-bond acceptors (Lipinski definition) is 5. The molecule has 0 spiro atoms. The van der Waals surface area contributed by atoms with Crippen molar-refractivity contribution in [2.45, 2.75) is 32.1 Å². The third-order valence-corrected chi connectivity index (χ3v) is 7.18. The Morgan fingerprint density at radius 3 is 2.69 bits per heavy atom. The van der Waals surface area contributed by atoms with Crippen LogP contribution in [-0.4, -0.2) is 42.2 Å². The summed E-state index contributed by atoms with van der Waals surface area (Å²) in [5.74, 6) is 2.51. The molecule has 4 rings (SSSR count). The van der Waals surface area contributed by atoms with Gasteiger partial charge in [-0.1, -0.05) is 18.6 Å². The lowest BCUT2D eigenvalue weighted by Crippen LogP contribution is -2.38. The fourth-order valence-corrected chi connectivity index (χ4v) is 5.65. The van der Waals surface area contributed by atoms with Gasteiger partial charge in [-0.2, -0.15) is 0 Å². The van der Waals surface area contributed by atoms with Gasteiger partial charge in [-0.3, -0.25) is 19.3 Å². The molecule has 3 aliphatic rings. The van der Waals surface area contributed by atoms with Gasteiger partial charge in [0.15, 0.2) is 0 Å². The number of imide groups is 1. The van der Waals surface area contributed by atoms with E-state index in [0.717, 1.165) is 34.9 Å². The Kier molecular flexibility index (Phi) is 5.94. The molecule has 3 amide bonds. The number of methoxy groups -OCH3 is 1. The summed E-state index contributed by atoms with van der Waals surface area (Å²) in [6.07, 6.45) is 7.33. The number of nitrogens with zero attached hydrogens (tertiary/aromatic N) is 1. The number of fused-ring (bicyclic) bond motifs is 2. The topological polar surface area (TPSA) is 75.7 Å². The van der Waals surface area contributed by atoms with E-state index in [1.54, 1.807) is 13.2 Å². The number of nitrogens with one attached hydrogen (secondary N) is 1. The van der Waals surface area contributed by atoms with E-state index in [2.05, 4.69) is 5.32 Å². The summed E-state index contributed by atoms with van der Waals surface area (Å²) in [6.45, 7) is 0.501. The Bertz CT molecular complexity index is 836. The summed E-state index contributed by atoms with van der Waals surface area (Å²) in [4.78, 5) is 38.6. The maximum absolute atomic E-state index is 12.6. The van der Waals surface area contributed by atoms with Crippen LogP contribution in [0.1, 0.15) is 37.7 Å². The minimum Gasteiger partial charge on any atom is -0.497 e. The summed E-state index contributed by atoms with van der Waals surface area (Å²) < 4.78 is 5.12. The van der Waals surface area contributed by atoms with Gasteiger partial charge in [0.25, 0.3) is 11.1 Å². The number of thioether (sulfide) groups is 1. The molecular weight excluding hydrogens is 388 g/mol. The summed E-state index contributed by atoms with van der Waals surface area (Å²) in [5.41, 5.74) is 0.829. The van der Waals surface area contributed by atoms with Gasteiger partial charge in [0.05, 0.1) is 12.0 Å². The predicted molar refractivity (Wildman–Crippen MR) is 112 cm³/mol. The maximum Gasteiger partial charge on any atom is 0.293 e. The first kappa shape index (κ1) is 20.0. The molecule has 7 heteroatoms. The fourth-order valence-electron chi connectivity index (χ4n) is 4.79. The van der Waals surface area contributed by atoms with Gasteiger partial charge >= 0.3 is 0 Å². The van der Waals surface area contributed by atoms with Crippen LogP contribution in [0.25, 0.3) is 6.08 Å². The second-order valence-electron chi connectivity index (χ2n) is 8.10. The van der Waals surface area contributed by atoms with Crippen molar-refractivity contribution in [2.24, 2.45) is 17.8 Å². The quantitative estimate of drug-likeness (QED) is 0.689. The molecule has 2 aliphatic carbocycles. The van der Waals surface area contributed by atoms with Crippen LogP contribution in [0.4, 0.5) is 4.79 Å². The highest BCUT2D eigenvalue weighted by molar-refractivity contribution is 8.18. The molecule has 1 N–H and O–H groups in total. The Morgan fingerprint density at radius 1 is 1.24 bits per heavy atom. The van der Waals surface area contributed by atoms with Crippen LogP contribution in [0.2, 0.25) is 0 Å². The smallest absolute Gasteiger partial charge is 0.293 e. The lowest BCUT2D eigenvalue weighted by atomic mass is 9.86. The van der Waals surface area contributed by atoms with E-state index in [-0.39, 0.29) is 23.6 Å². The van der Waals surface area contributed by atoms with Crippen molar-refractivity contribution < 1.29 is 19.1 Å². The largest absolute Gasteiger partial charge is 0.497 e. The van der Waals surface area contributed by atoms with Gasteiger partial charge in [-0.25, -0.2) is 0 Å². The summed E-state index contributed by atoms with van der Waals surface area (Å²) in [7, 11) is 1.59. The molecule has 1 saturated heterocycles. The molecule has 0 unspecified atom stereocenters. The second kappa shape index (κ2) is 8.61. The summed E-state index contributed by atoms with van der Waals surface area (Å²) in [6, 6.07) is 7.29. The fraction of sp³-hybridized carbons (Fsp3) is 0.500. The predicted octanol–water partition coefficient (Wildman–Crippen LogP) is 3.67. The molecule has 3 fully saturated rings. The van der Waals surface area contributed by atoms with Crippen LogP contribution >= 0.6 is 11.8 Å². The van der Waals surface area contributed by atoms with Gasteiger partial charge in [-0.05, 0) is 72.6 Å². The average molecular weight is 415 g/mol. The van der Waals surface area contributed by atoms with Crippen molar-refractivity contribution in [3.8, 4) is 5.75 Å². The van der Waals surface area contributed by atoms with Gasteiger partial charge in [0, 0.05) is 19.5 Å². The third-order valence-electron chi connectivity index (χ3n) is 6.28. The van der Waals surface area contributed by atoms with Crippen LogP contribution in [0, 0.1) is 17.8 Å². The first-order valence-electron chi connectivity index (χ1n) is 10.2. The van der Waals surface area contributed by atoms with Crippen LogP contribution in [0.5, 0.6) is 5.75 Å². The van der Waals surface area contributed by atoms with E-state index in [4.69, 9.17) is 4.74 Å². The molecule has 29 heavy (non-hydrogen) atoms. The lowest BCUT2D eigenvalue weighted by Gasteiger charge is -2.21. The lowest BCUT2D eigenvalue weighted by molar-refractivity contribution is -0.124. The van der Waals surface area contributed by atoms with Gasteiger partial charge in [-0.15, -0.1) is 0 Å². The summed E-state index contributed by atoms with van der Waals surface area (Å²) in [5, 5.41) is 2.59. The average Bonchev–Trinajstić information content (AvgIpc) is 3.40. The Morgan fingerprint density at radius 2 is 2.03 bits per heavy atom. The third kappa shape index (κ3) is 4.50. The number of amides is 3. The Hall–Kier alpha value is -2.28. The van der Waals surface area contributed by atoms with Gasteiger partial charge in [0.1, 0.15) is 5.75 Å². The van der Waals surface area contributed by atoms with Gasteiger partial charge < -0.3 is 10.1 Å². The molecule has 0 radical (unpaired) electrons. The molecule has 1 aromatic carbocycles. The standard InChI is InChI=1S/C22H26N2O4S/c1-28-18-6-3-14(4-7-18)12-19-21(26)24(22(27)29-19)9-8-23-20(25)13-17-11-15-2-5-16(17)10-15/h3-4,6-7,12,15-17H,2,5,8-11,13H2,1H3,(H,23,25)/b19-12-/t15-,16-,17+/m1/s1. The molecule has 0 aromatic heterocycles. The molecule has 6 nitrogen and oxygen atoms in total. The number of benzene rings is 1. The van der Waals surface area contributed by atoms with Crippen LogP contribution in [0.15, 0.2) is 29.2 Å². The van der Waals surface area contributed by atoms with Gasteiger partial charge in [0.2, 0.25) is 5.91 Å². The van der Waals surface area contributed by atoms with E-state index < -0.39 is 0 Å². The highest BCUT2D eigenvalue weighted by Gasteiger charge is 2.40. The van der Waals surface area contributed by atoms with Crippen molar-refractivity contribution in [1.29, 1.82) is 0 Å². The monoisotopic (exact) mass is 414 g/mol. The van der Waals surface area contributed by atoms with Crippen molar-refractivity contribution in [1.82, 2.24) is 10.2 Å². The first-order valence-corrected chi connectivity index (χ1v) is 11.0. The highest BCUT2D eigenvalue weighted by atomic mass is 32.2. The Balaban J connectivity index is 1.26. The molecule has 1 heterocycles.